The molecule has 0 saturated heterocycles. The van der Waals surface area contributed by atoms with Crippen molar-refractivity contribution in [2.45, 2.75) is 6.54 Å². The molecule has 5 aromatic rings. The van der Waals surface area contributed by atoms with Crippen LogP contribution in [0.25, 0.3) is 22.4 Å². The number of halogens is 1. The van der Waals surface area contributed by atoms with Crippen molar-refractivity contribution in [3.05, 3.63) is 91.2 Å². The van der Waals surface area contributed by atoms with E-state index in [4.69, 9.17) is 0 Å². The average molecular weight is 385 g/mol. The molecule has 1 N–H and O–H groups in total. The van der Waals surface area contributed by atoms with E-state index in [1.807, 2.05) is 36.4 Å². The minimum absolute atomic E-state index is 0.313. The van der Waals surface area contributed by atoms with Crippen LogP contribution in [0.1, 0.15) is 5.56 Å². The molecule has 5 rings (SSSR count). The highest BCUT2D eigenvalue weighted by Gasteiger charge is 2.11. The van der Waals surface area contributed by atoms with Crippen LogP contribution in [0.3, 0.4) is 0 Å². The third-order valence-electron chi connectivity index (χ3n) is 4.62. The standard InChI is InChI=1S/C21H16FN7/c22-18-10-15(6-7-19(18)28-9-8-23-14-28)11-24-20-17-12-27-29(21(17)26-13-25-20)16-4-2-1-3-5-16/h1-10,12-14H,11H2,(H,24,25,26). The summed E-state index contributed by atoms with van der Waals surface area (Å²) in [7, 11) is 0. The lowest BCUT2D eigenvalue weighted by atomic mass is 10.2. The third kappa shape index (κ3) is 3.20. The number of aromatic nitrogens is 6. The Bertz CT molecular complexity index is 1260. The van der Waals surface area contributed by atoms with E-state index in [1.54, 1.807) is 40.2 Å². The Morgan fingerprint density at radius 3 is 2.72 bits per heavy atom. The normalized spacial score (nSPS) is 11.1. The molecule has 29 heavy (non-hydrogen) atoms. The van der Waals surface area contributed by atoms with Gasteiger partial charge in [-0.25, -0.2) is 24.0 Å². The highest BCUT2D eigenvalue weighted by molar-refractivity contribution is 5.87. The summed E-state index contributed by atoms with van der Waals surface area (Å²) in [5.41, 5.74) is 2.88. The van der Waals surface area contributed by atoms with Crippen molar-refractivity contribution in [2.24, 2.45) is 0 Å². The number of hydrogen-bond donors (Lipinski definition) is 1. The first-order valence-electron chi connectivity index (χ1n) is 9.04. The summed E-state index contributed by atoms with van der Waals surface area (Å²) in [4.78, 5) is 12.6. The Hall–Kier alpha value is -4.07. The Morgan fingerprint density at radius 1 is 1.03 bits per heavy atom. The number of rotatable bonds is 5. The second kappa shape index (κ2) is 7.16. The van der Waals surface area contributed by atoms with E-state index in [9.17, 15) is 4.39 Å². The minimum Gasteiger partial charge on any atom is -0.365 e. The Balaban J connectivity index is 1.40. The number of imidazole rings is 1. The summed E-state index contributed by atoms with van der Waals surface area (Å²) in [6, 6.07) is 14.9. The molecule has 2 aromatic carbocycles. The maximum absolute atomic E-state index is 14.5. The number of hydrogen-bond acceptors (Lipinski definition) is 5. The van der Waals surface area contributed by atoms with Gasteiger partial charge in [0.2, 0.25) is 0 Å². The predicted molar refractivity (Wildman–Crippen MR) is 108 cm³/mol. The van der Waals surface area contributed by atoms with Crippen LogP contribution in [-0.2, 0) is 6.54 Å². The molecule has 0 spiro atoms. The molecule has 0 radical (unpaired) electrons. The molecule has 0 amide bonds. The molecular formula is C21H16FN7. The first kappa shape index (κ1) is 17.1. The zero-order valence-corrected chi connectivity index (χ0v) is 15.3. The van der Waals surface area contributed by atoms with Gasteiger partial charge in [0, 0.05) is 18.9 Å². The summed E-state index contributed by atoms with van der Waals surface area (Å²) in [6.45, 7) is 0.420. The summed E-state index contributed by atoms with van der Waals surface area (Å²) in [5, 5.41) is 8.50. The molecule has 0 aliphatic carbocycles. The van der Waals surface area contributed by atoms with Gasteiger partial charge in [-0.3, -0.25) is 0 Å². The van der Waals surface area contributed by atoms with Crippen LogP contribution in [0.2, 0.25) is 0 Å². The SMILES string of the molecule is Fc1cc(CNc2ncnc3c2cnn3-c2ccccc2)ccc1-n1ccnc1. The lowest BCUT2D eigenvalue weighted by molar-refractivity contribution is 0.616. The van der Waals surface area contributed by atoms with Crippen molar-refractivity contribution >= 4 is 16.9 Å². The van der Waals surface area contributed by atoms with Gasteiger partial charge in [0.05, 0.1) is 29.3 Å². The first-order chi connectivity index (χ1) is 14.3. The molecule has 0 saturated carbocycles. The van der Waals surface area contributed by atoms with Gasteiger partial charge in [-0.15, -0.1) is 0 Å². The van der Waals surface area contributed by atoms with Gasteiger partial charge >= 0.3 is 0 Å². The van der Waals surface area contributed by atoms with E-state index < -0.39 is 0 Å². The van der Waals surface area contributed by atoms with E-state index >= 15 is 0 Å². The van der Waals surface area contributed by atoms with Crippen molar-refractivity contribution in [3.8, 4) is 11.4 Å². The highest BCUT2D eigenvalue weighted by atomic mass is 19.1. The Kier molecular flexibility index (Phi) is 4.21. The fraction of sp³-hybridized carbons (Fsp3) is 0.0476. The quantitative estimate of drug-likeness (QED) is 0.499. The van der Waals surface area contributed by atoms with Crippen LogP contribution >= 0.6 is 0 Å². The van der Waals surface area contributed by atoms with Crippen LogP contribution in [0.5, 0.6) is 0 Å². The summed E-state index contributed by atoms with van der Waals surface area (Å²) >= 11 is 0. The molecule has 0 aliphatic heterocycles. The van der Waals surface area contributed by atoms with E-state index in [0.717, 1.165) is 16.6 Å². The molecule has 7 nitrogen and oxygen atoms in total. The van der Waals surface area contributed by atoms with E-state index in [2.05, 4.69) is 25.4 Å². The van der Waals surface area contributed by atoms with Crippen LogP contribution in [0.4, 0.5) is 10.2 Å². The molecule has 3 aromatic heterocycles. The first-order valence-corrected chi connectivity index (χ1v) is 9.04. The second-order valence-corrected chi connectivity index (χ2v) is 6.46. The molecule has 0 aliphatic rings. The minimum atomic E-state index is -0.313. The van der Waals surface area contributed by atoms with Gasteiger partial charge in [0.1, 0.15) is 18.0 Å². The summed E-state index contributed by atoms with van der Waals surface area (Å²) in [5.74, 6) is 0.336. The van der Waals surface area contributed by atoms with Gasteiger partial charge < -0.3 is 9.88 Å². The van der Waals surface area contributed by atoms with Crippen molar-refractivity contribution in [1.82, 2.24) is 29.3 Å². The van der Waals surface area contributed by atoms with Crippen LogP contribution < -0.4 is 5.32 Å². The fourth-order valence-corrected chi connectivity index (χ4v) is 3.20. The molecule has 0 atom stereocenters. The van der Waals surface area contributed by atoms with Gasteiger partial charge in [0.25, 0.3) is 0 Å². The maximum atomic E-state index is 14.5. The lowest BCUT2D eigenvalue weighted by Crippen LogP contribution is -2.04. The van der Waals surface area contributed by atoms with Gasteiger partial charge in [0.15, 0.2) is 5.65 Å². The van der Waals surface area contributed by atoms with E-state index in [1.165, 1.54) is 12.4 Å². The van der Waals surface area contributed by atoms with E-state index in [-0.39, 0.29) is 5.82 Å². The maximum Gasteiger partial charge on any atom is 0.168 e. The second-order valence-electron chi connectivity index (χ2n) is 6.46. The van der Waals surface area contributed by atoms with Gasteiger partial charge in [-0.1, -0.05) is 24.3 Å². The van der Waals surface area contributed by atoms with Crippen LogP contribution in [-0.4, -0.2) is 29.3 Å². The Labute approximate surface area is 165 Å². The molecule has 8 heteroatoms. The number of para-hydroxylation sites is 1. The van der Waals surface area contributed by atoms with Gasteiger partial charge in [-0.2, -0.15) is 5.10 Å². The van der Waals surface area contributed by atoms with Crippen molar-refractivity contribution in [1.29, 1.82) is 0 Å². The summed E-state index contributed by atoms with van der Waals surface area (Å²) in [6.07, 6.45) is 8.11. The number of nitrogens with zero attached hydrogens (tertiary/aromatic N) is 6. The smallest absolute Gasteiger partial charge is 0.168 e. The lowest BCUT2D eigenvalue weighted by Gasteiger charge is -2.09. The van der Waals surface area contributed by atoms with Crippen molar-refractivity contribution < 1.29 is 4.39 Å². The van der Waals surface area contributed by atoms with Crippen molar-refractivity contribution in [2.75, 3.05) is 5.32 Å². The monoisotopic (exact) mass is 385 g/mol. The molecule has 142 valence electrons. The molecule has 0 fully saturated rings. The third-order valence-corrected chi connectivity index (χ3v) is 4.62. The molecule has 3 heterocycles. The average Bonchev–Trinajstić information content (AvgIpc) is 3.43. The topological polar surface area (TPSA) is 73.5 Å². The number of nitrogens with one attached hydrogen (secondary N) is 1. The molecule has 0 bridgehead atoms. The van der Waals surface area contributed by atoms with E-state index in [0.29, 0.717) is 23.7 Å². The number of anilines is 1. The van der Waals surface area contributed by atoms with Gasteiger partial charge in [-0.05, 0) is 29.8 Å². The van der Waals surface area contributed by atoms with Crippen molar-refractivity contribution in [3.63, 3.8) is 0 Å². The van der Waals surface area contributed by atoms with Crippen LogP contribution in [0.15, 0.2) is 79.8 Å². The Morgan fingerprint density at radius 2 is 1.93 bits per heavy atom. The zero-order chi connectivity index (χ0) is 19.6. The van der Waals surface area contributed by atoms with Crippen LogP contribution in [0, 0.1) is 5.82 Å². The number of fused-ring (bicyclic) bond motifs is 1. The highest BCUT2D eigenvalue weighted by Crippen LogP contribution is 2.22. The largest absolute Gasteiger partial charge is 0.365 e. The molecule has 0 unspecified atom stereocenters. The molecular weight excluding hydrogens is 369 g/mol. The zero-order valence-electron chi connectivity index (χ0n) is 15.3. The fourth-order valence-electron chi connectivity index (χ4n) is 3.20. The summed E-state index contributed by atoms with van der Waals surface area (Å²) < 4.78 is 17.9. The number of benzene rings is 2. The predicted octanol–water partition coefficient (Wildman–Crippen LogP) is 3.75.